The number of hydrogen-bond acceptors (Lipinski definition) is 3. The van der Waals surface area contributed by atoms with Crippen LogP contribution in [0.25, 0.3) is 0 Å². The van der Waals surface area contributed by atoms with Crippen LogP contribution >= 0.6 is 11.6 Å². The van der Waals surface area contributed by atoms with E-state index < -0.39 is 10.0 Å². The van der Waals surface area contributed by atoms with Gasteiger partial charge in [0, 0.05) is 24.2 Å². The van der Waals surface area contributed by atoms with Crippen LogP contribution in [-0.4, -0.2) is 38.6 Å². The van der Waals surface area contributed by atoms with Crippen LogP contribution in [0.2, 0.25) is 5.02 Å². The lowest BCUT2D eigenvalue weighted by Crippen LogP contribution is -2.41. The minimum absolute atomic E-state index is 0.0885. The zero-order valence-electron chi connectivity index (χ0n) is 11.0. The molecule has 0 aromatic heterocycles. The maximum atomic E-state index is 12.0. The Hall–Kier alpha value is -0.620. The summed E-state index contributed by atoms with van der Waals surface area (Å²) < 4.78 is 25.5. The minimum atomic E-state index is -3.21. The monoisotopic (exact) mass is 302 g/mol. The molecule has 1 aliphatic heterocycles. The second-order valence-corrected chi connectivity index (χ2v) is 7.20. The summed E-state index contributed by atoms with van der Waals surface area (Å²) in [5.74, 6) is 0. The standard InChI is InChI=1S/C13H19ClN2O2S/c1-19(17,18)16-10-9-15-8-2-3-13(16)11-4-6-12(14)7-5-11/h4-7,13,15H,2-3,8-10H2,1H3. The van der Waals surface area contributed by atoms with Gasteiger partial charge >= 0.3 is 0 Å². The third-order valence-corrected chi connectivity index (χ3v) is 4.91. The van der Waals surface area contributed by atoms with Gasteiger partial charge in [-0.1, -0.05) is 23.7 Å². The number of rotatable bonds is 2. The SMILES string of the molecule is CS(=O)(=O)N1CCNCCCC1c1ccc(Cl)cc1. The van der Waals surface area contributed by atoms with Gasteiger partial charge in [-0.05, 0) is 37.1 Å². The van der Waals surface area contributed by atoms with Crippen LogP contribution in [0, 0.1) is 0 Å². The van der Waals surface area contributed by atoms with Crippen molar-refractivity contribution in [3.8, 4) is 0 Å². The molecule has 19 heavy (non-hydrogen) atoms. The van der Waals surface area contributed by atoms with Crippen molar-refractivity contribution in [2.45, 2.75) is 18.9 Å². The summed E-state index contributed by atoms with van der Waals surface area (Å²) in [6, 6.07) is 7.37. The molecule has 1 N–H and O–H groups in total. The maximum Gasteiger partial charge on any atom is 0.211 e. The molecule has 4 nitrogen and oxygen atoms in total. The Kier molecular flexibility index (Phi) is 4.84. The first-order valence-corrected chi connectivity index (χ1v) is 8.64. The van der Waals surface area contributed by atoms with Gasteiger partial charge in [0.25, 0.3) is 0 Å². The molecule has 1 aromatic carbocycles. The molecule has 1 atom stereocenters. The second kappa shape index (κ2) is 6.22. The summed E-state index contributed by atoms with van der Waals surface area (Å²) in [5, 5.41) is 3.91. The van der Waals surface area contributed by atoms with Crippen LogP contribution in [0.15, 0.2) is 24.3 Å². The van der Waals surface area contributed by atoms with E-state index in [1.165, 1.54) is 6.26 Å². The predicted molar refractivity (Wildman–Crippen MR) is 77.8 cm³/mol. The van der Waals surface area contributed by atoms with Crippen molar-refractivity contribution in [1.82, 2.24) is 9.62 Å². The molecule has 2 rings (SSSR count). The van der Waals surface area contributed by atoms with Crippen LogP contribution < -0.4 is 5.32 Å². The fourth-order valence-corrected chi connectivity index (χ4v) is 3.69. The average Bonchev–Trinajstić information content (AvgIpc) is 2.28. The molecule has 0 saturated carbocycles. The fourth-order valence-electron chi connectivity index (χ4n) is 2.45. The second-order valence-electron chi connectivity index (χ2n) is 4.83. The summed E-state index contributed by atoms with van der Waals surface area (Å²) in [7, 11) is -3.21. The largest absolute Gasteiger partial charge is 0.315 e. The van der Waals surface area contributed by atoms with E-state index in [2.05, 4.69) is 5.32 Å². The van der Waals surface area contributed by atoms with Crippen molar-refractivity contribution in [2.75, 3.05) is 25.9 Å². The number of halogens is 1. The highest BCUT2D eigenvalue weighted by Crippen LogP contribution is 2.29. The van der Waals surface area contributed by atoms with Crippen molar-refractivity contribution in [2.24, 2.45) is 0 Å². The number of sulfonamides is 1. The van der Waals surface area contributed by atoms with Crippen LogP contribution in [0.5, 0.6) is 0 Å². The summed E-state index contributed by atoms with van der Waals surface area (Å²) in [5.41, 5.74) is 1.01. The van der Waals surface area contributed by atoms with Crippen molar-refractivity contribution in [3.05, 3.63) is 34.9 Å². The maximum absolute atomic E-state index is 12.0. The lowest BCUT2D eigenvalue weighted by Gasteiger charge is -2.32. The average molecular weight is 303 g/mol. The highest BCUT2D eigenvalue weighted by Gasteiger charge is 2.28. The Labute approximate surface area is 119 Å². The molecule has 1 unspecified atom stereocenters. The highest BCUT2D eigenvalue weighted by molar-refractivity contribution is 7.88. The first-order chi connectivity index (χ1) is 8.98. The molecule has 0 spiro atoms. The Bertz CT molecular complexity index is 516. The molecule has 0 aliphatic carbocycles. The molecule has 0 radical (unpaired) electrons. The van der Waals surface area contributed by atoms with E-state index in [9.17, 15) is 8.42 Å². The van der Waals surface area contributed by atoms with E-state index in [0.717, 1.165) is 24.9 Å². The molecule has 0 bridgehead atoms. The van der Waals surface area contributed by atoms with Crippen LogP contribution in [0.4, 0.5) is 0 Å². The summed E-state index contributed by atoms with van der Waals surface area (Å²) >= 11 is 5.89. The van der Waals surface area contributed by atoms with E-state index in [0.29, 0.717) is 18.1 Å². The molecule has 0 amide bonds. The first-order valence-electron chi connectivity index (χ1n) is 6.41. The van der Waals surface area contributed by atoms with Gasteiger partial charge in [-0.2, -0.15) is 4.31 Å². The van der Waals surface area contributed by atoms with E-state index in [1.54, 1.807) is 4.31 Å². The van der Waals surface area contributed by atoms with Crippen LogP contribution in [0.3, 0.4) is 0 Å². The van der Waals surface area contributed by atoms with E-state index >= 15 is 0 Å². The molecule has 1 heterocycles. The van der Waals surface area contributed by atoms with Gasteiger partial charge in [0.15, 0.2) is 0 Å². The normalized spacial score (nSPS) is 22.7. The lowest BCUT2D eigenvalue weighted by molar-refractivity contribution is 0.287. The molecular formula is C13H19ClN2O2S. The van der Waals surface area contributed by atoms with Gasteiger partial charge in [0.05, 0.1) is 6.26 Å². The van der Waals surface area contributed by atoms with Gasteiger partial charge in [-0.3, -0.25) is 0 Å². The van der Waals surface area contributed by atoms with E-state index in [1.807, 2.05) is 24.3 Å². The summed E-state index contributed by atoms with van der Waals surface area (Å²) in [6.45, 7) is 2.13. The molecule has 1 fully saturated rings. The molecular weight excluding hydrogens is 284 g/mol. The number of nitrogens with one attached hydrogen (secondary N) is 1. The van der Waals surface area contributed by atoms with Crippen molar-refractivity contribution in [3.63, 3.8) is 0 Å². The Morgan fingerprint density at radius 3 is 2.58 bits per heavy atom. The van der Waals surface area contributed by atoms with Gasteiger partial charge in [0.2, 0.25) is 10.0 Å². The molecule has 1 aromatic rings. The molecule has 106 valence electrons. The van der Waals surface area contributed by atoms with Gasteiger partial charge in [0.1, 0.15) is 0 Å². The fraction of sp³-hybridized carbons (Fsp3) is 0.538. The smallest absolute Gasteiger partial charge is 0.211 e. The molecule has 6 heteroatoms. The summed E-state index contributed by atoms with van der Waals surface area (Å²) in [6.07, 6.45) is 3.05. The van der Waals surface area contributed by atoms with E-state index in [-0.39, 0.29) is 6.04 Å². The van der Waals surface area contributed by atoms with Gasteiger partial charge in [-0.15, -0.1) is 0 Å². The first kappa shape index (κ1) is 14.8. The number of nitrogens with zero attached hydrogens (tertiary/aromatic N) is 1. The van der Waals surface area contributed by atoms with Crippen molar-refractivity contribution in [1.29, 1.82) is 0 Å². The van der Waals surface area contributed by atoms with E-state index in [4.69, 9.17) is 11.6 Å². The van der Waals surface area contributed by atoms with Crippen molar-refractivity contribution < 1.29 is 8.42 Å². The number of benzene rings is 1. The third-order valence-electron chi connectivity index (χ3n) is 3.37. The Morgan fingerprint density at radius 1 is 1.26 bits per heavy atom. The quantitative estimate of drug-likeness (QED) is 0.909. The summed E-state index contributed by atoms with van der Waals surface area (Å²) in [4.78, 5) is 0. The topological polar surface area (TPSA) is 49.4 Å². The zero-order chi connectivity index (χ0) is 13.9. The third kappa shape index (κ3) is 3.92. The lowest BCUT2D eigenvalue weighted by atomic mass is 10.0. The van der Waals surface area contributed by atoms with Crippen molar-refractivity contribution >= 4 is 21.6 Å². The molecule has 1 saturated heterocycles. The van der Waals surface area contributed by atoms with Gasteiger partial charge in [-0.25, -0.2) is 8.42 Å². The molecule has 1 aliphatic rings. The van der Waals surface area contributed by atoms with Gasteiger partial charge < -0.3 is 5.32 Å². The predicted octanol–water partition coefficient (Wildman–Crippen LogP) is 2.03. The Balaban J connectivity index is 2.32. The van der Waals surface area contributed by atoms with Crippen LogP contribution in [0.1, 0.15) is 24.4 Å². The minimum Gasteiger partial charge on any atom is -0.315 e. The zero-order valence-corrected chi connectivity index (χ0v) is 12.5. The van der Waals surface area contributed by atoms with Crippen LogP contribution in [-0.2, 0) is 10.0 Å². The Morgan fingerprint density at radius 2 is 1.95 bits per heavy atom. The highest BCUT2D eigenvalue weighted by atomic mass is 35.5. The number of hydrogen-bond donors (Lipinski definition) is 1.